The van der Waals surface area contributed by atoms with Gasteiger partial charge in [-0.3, -0.25) is 0 Å². The molecule has 0 fully saturated rings. The summed E-state index contributed by atoms with van der Waals surface area (Å²) in [5.41, 5.74) is 6.85. The van der Waals surface area contributed by atoms with E-state index in [-0.39, 0.29) is 6.10 Å². The minimum absolute atomic E-state index is 0.225. The Balaban J connectivity index is 2.18. The molecule has 4 heteroatoms. The summed E-state index contributed by atoms with van der Waals surface area (Å²) in [5, 5.41) is 0. The van der Waals surface area contributed by atoms with E-state index < -0.39 is 0 Å². The third-order valence-electron chi connectivity index (χ3n) is 3.12. The van der Waals surface area contributed by atoms with Crippen LogP contribution < -0.4 is 19.9 Å². The first kappa shape index (κ1) is 15.2. The van der Waals surface area contributed by atoms with E-state index in [1.54, 1.807) is 7.11 Å². The average Bonchev–Trinajstić information content (AvgIpc) is 2.54. The van der Waals surface area contributed by atoms with E-state index in [0.717, 1.165) is 17.1 Å². The van der Waals surface area contributed by atoms with Crippen molar-refractivity contribution >= 4 is 0 Å². The van der Waals surface area contributed by atoms with Gasteiger partial charge in [-0.05, 0) is 36.8 Å². The van der Waals surface area contributed by atoms with Crippen LogP contribution in [0.5, 0.6) is 17.2 Å². The molecule has 0 amide bonds. The summed E-state index contributed by atoms with van der Waals surface area (Å²) in [5.74, 6) is 2.24. The molecule has 0 radical (unpaired) electrons. The molecular formula is C17H21NO3. The van der Waals surface area contributed by atoms with Crippen LogP contribution in [-0.4, -0.2) is 20.3 Å². The van der Waals surface area contributed by atoms with Gasteiger partial charge in [0, 0.05) is 6.54 Å². The van der Waals surface area contributed by atoms with Crippen molar-refractivity contribution in [3.8, 4) is 17.2 Å². The van der Waals surface area contributed by atoms with Gasteiger partial charge in [0.25, 0.3) is 0 Å². The molecule has 2 aromatic carbocycles. The Hall–Kier alpha value is -2.20. The van der Waals surface area contributed by atoms with Crippen molar-refractivity contribution in [1.82, 2.24) is 0 Å². The zero-order valence-corrected chi connectivity index (χ0v) is 12.4. The minimum Gasteiger partial charge on any atom is -0.497 e. The van der Waals surface area contributed by atoms with E-state index in [1.807, 2.05) is 55.5 Å². The second-order valence-electron chi connectivity index (χ2n) is 4.50. The molecule has 21 heavy (non-hydrogen) atoms. The molecule has 2 aromatic rings. The van der Waals surface area contributed by atoms with Crippen molar-refractivity contribution < 1.29 is 14.2 Å². The fourth-order valence-corrected chi connectivity index (χ4v) is 2.05. The highest BCUT2D eigenvalue weighted by atomic mass is 16.5. The topological polar surface area (TPSA) is 53.7 Å². The molecule has 1 atom stereocenters. The number of methoxy groups -OCH3 is 1. The van der Waals surface area contributed by atoms with Crippen LogP contribution in [0.1, 0.15) is 18.6 Å². The van der Waals surface area contributed by atoms with Crippen molar-refractivity contribution in [3.05, 3.63) is 54.1 Å². The SMILES string of the molecule is CCOc1ccccc1OC(CN)c1ccc(OC)cc1. The molecule has 0 saturated heterocycles. The Morgan fingerprint density at radius 3 is 2.24 bits per heavy atom. The summed E-state index contributed by atoms with van der Waals surface area (Å²) in [6.45, 7) is 2.92. The Bertz CT molecular complexity index is 554. The Morgan fingerprint density at radius 2 is 1.67 bits per heavy atom. The second-order valence-corrected chi connectivity index (χ2v) is 4.50. The third kappa shape index (κ3) is 3.89. The molecule has 0 heterocycles. The Morgan fingerprint density at radius 1 is 1.00 bits per heavy atom. The van der Waals surface area contributed by atoms with Crippen LogP contribution in [0.15, 0.2) is 48.5 Å². The lowest BCUT2D eigenvalue weighted by molar-refractivity contribution is 0.200. The molecule has 0 bridgehead atoms. The first-order chi connectivity index (χ1) is 10.3. The molecular weight excluding hydrogens is 266 g/mol. The van der Waals surface area contributed by atoms with Gasteiger partial charge in [-0.2, -0.15) is 0 Å². The molecule has 1 unspecified atom stereocenters. The summed E-state index contributed by atoms with van der Waals surface area (Å²) in [6, 6.07) is 15.3. The smallest absolute Gasteiger partial charge is 0.162 e. The maximum Gasteiger partial charge on any atom is 0.162 e. The summed E-state index contributed by atoms with van der Waals surface area (Å²) < 4.78 is 16.7. The van der Waals surface area contributed by atoms with Gasteiger partial charge in [0.2, 0.25) is 0 Å². The van der Waals surface area contributed by atoms with E-state index in [1.165, 1.54) is 0 Å². The fraction of sp³-hybridized carbons (Fsp3) is 0.294. The predicted molar refractivity (Wildman–Crippen MR) is 83.0 cm³/mol. The van der Waals surface area contributed by atoms with Gasteiger partial charge in [0.1, 0.15) is 11.9 Å². The van der Waals surface area contributed by atoms with Gasteiger partial charge >= 0.3 is 0 Å². The zero-order valence-electron chi connectivity index (χ0n) is 12.4. The molecule has 0 aromatic heterocycles. The highest BCUT2D eigenvalue weighted by Crippen LogP contribution is 2.31. The van der Waals surface area contributed by atoms with E-state index in [4.69, 9.17) is 19.9 Å². The van der Waals surface area contributed by atoms with Crippen LogP contribution in [0.2, 0.25) is 0 Å². The summed E-state index contributed by atoms with van der Waals surface area (Å²) >= 11 is 0. The van der Waals surface area contributed by atoms with Crippen molar-refractivity contribution in [2.24, 2.45) is 5.73 Å². The molecule has 0 saturated carbocycles. The van der Waals surface area contributed by atoms with E-state index in [2.05, 4.69) is 0 Å². The molecule has 4 nitrogen and oxygen atoms in total. The predicted octanol–water partition coefficient (Wildman–Crippen LogP) is 3.17. The highest BCUT2D eigenvalue weighted by Gasteiger charge is 2.14. The van der Waals surface area contributed by atoms with Gasteiger partial charge in [0.15, 0.2) is 11.5 Å². The normalized spacial score (nSPS) is 11.8. The van der Waals surface area contributed by atoms with E-state index >= 15 is 0 Å². The lowest BCUT2D eigenvalue weighted by atomic mass is 10.1. The standard InChI is InChI=1S/C17H21NO3/c1-3-20-15-6-4-5-7-16(15)21-17(12-18)13-8-10-14(19-2)11-9-13/h4-11,17H,3,12,18H2,1-2H3. The zero-order chi connectivity index (χ0) is 15.1. The third-order valence-corrected chi connectivity index (χ3v) is 3.12. The summed E-state index contributed by atoms with van der Waals surface area (Å²) in [7, 11) is 1.64. The van der Waals surface area contributed by atoms with E-state index in [9.17, 15) is 0 Å². The minimum atomic E-state index is -0.225. The number of rotatable bonds is 7. The van der Waals surface area contributed by atoms with Gasteiger partial charge in [-0.15, -0.1) is 0 Å². The average molecular weight is 287 g/mol. The Kier molecular flexibility index (Phi) is 5.46. The summed E-state index contributed by atoms with van der Waals surface area (Å²) in [4.78, 5) is 0. The maximum atomic E-state index is 6.02. The van der Waals surface area contributed by atoms with Crippen LogP contribution >= 0.6 is 0 Å². The lowest BCUT2D eigenvalue weighted by Gasteiger charge is -2.20. The van der Waals surface area contributed by atoms with Crippen LogP contribution in [0.25, 0.3) is 0 Å². The second kappa shape index (κ2) is 7.55. The van der Waals surface area contributed by atoms with Crippen LogP contribution in [0.3, 0.4) is 0 Å². The van der Waals surface area contributed by atoms with Crippen molar-refractivity contribution in [3.63, 3.8) is 0 Å². The molecule has 2 N–H and O–H groups in total. The molecule has 112 valence electrons. The van der Waals surface area contributed by atoms with Crippen LogP contribution in [-0.2, 0) is 0 Å². The molecule has 2 rings (SSSR count). The first-order valence-corrected chi connectivity index (χ1v) is 7.01. The van der Waals surface area contributed by atoms with Crippen molar-refractivity contribution in [2.75, 3.05) is 20.3 Å². The van der Waals surface area contributed by atoms with Gasteiger partial charge in [-0.1, -0.05) is 24.3 Å². The van der Waals surface area contributed by atoms with Crippen molar-refractivity contribution in [1.29, 1.82) is 0 Å². The maximum absolute atomic E-state index is 6.02. The number of hydrogen-bond donors (Lipinski definition) is 1. The van der Waals surface area contributed by atoms with Crippen LogP contribution in [0, 0.1) is 0 Å². The number of para-hydroxylation sites is 2. The Labute approximate surface area is 125 Å². The molecule has 0 aliphatic rings. The monoisotopic (exact) mass is 287 g/mol. The van der Waals surface area contributed by atoms with Gasteiger partial charge in [-0.25, -0.2) is 0 Å². The quantitative estimate of drug-likeness (QED) is 0.850. The van der Waals surface area contributed by atoms with Gasteiger partial charge in [0.05, 0.1) is 13.7 Å². The lowest BCUT2D eigenvalue weighted by Crippen LogP contribution is -2.18. The first-order valence-electron chi connectivity index (χ1n) is 7.01. The van der Waals surface area contributed by atoms with Crippen LogP contribution in [0.4, 0.5) is 0 Å². The highest BCUT2D eigenvalue weighted by molar-refractivity contribution is 5.40. The van der Waals surface area contributed by atoms with Crippen molar-refractivity contribution in [2.45, 2.75) is 13.0 Å². The number of hydrogen-bond acceptors (Lipinski definition) is 4. The van der Waals surface area contributed by atoms with Gasteiger partial charge < -0.3 is 19.9 Å². The number of nitrogens with two attached hydrogens (primary N) is 1. The number of ether oxygens (including phenoxy) is 3. The molecule has 0 aliphatic carbocycles. The van der Waals surface area contributed by atoms with E-state index in [0.29, 0.717) is 18.9 Å². The largest absolute Gasteiger partial charge is 0.497 e. The molecule has 0 aliphatic heterocycles. The fourth-order valence-electron chi connectivity index (χ4n) is 2.05. The molecule has 0 spiro atoms. The summed E-state index contributed by atoms with van der Waals surface area (Å²) in [6.07, 6.45) is -0.225. The number of benzene rings is 2.